The van der Waals surface area contributed by atoms with E-state index in [0.29, 0.717) is 11.1 Å². The molecule has 100 valence electrons. The highest BCUT2D eigenvalue weighted by Gasteiger charge is 2.17. The number of hydrogen-bond acceptors (Lipinski definition) is 2. The van der Waals surface area contributed by atoms with Gasteiger partial charge < -0.3 is 10.7 Å². The summed E-state index contributed by atoms with van der Waals surface area (Å²) in [6, 6.07) is 9.42. The second kappa shape index (κ2) is 4.76. The molecule has 3 N–H and O–H groups in total. The van der Waals surface area contributed by atoms with Gasteiger partial charge in [0.1, 0.15) is 5.82 Å². The summed E-state index contributed by atoms with van der Waals surface area (Å²) in [7, 11) is 0. The number of nitrogens with two attached hydrogens (primary N) is 1. The molecule has 20 heavy (non-hydrogen) atoms. The van der Waals surface area contributed by atoms with Crippen LogP contribution in [0.3, 0.4) is 0 Å². The Hall–Kier alpha value is -2.14. The van der Waals surface area contributed by atoms with Gasteiger partial charge in [0.05, 0.1) is 0 Å². The number of aromatic amines is 1. The zero-order valence-electron chi connectivity index (χ0n) is 10.3. The van der Waals surface area contributed by atoms with Crippen molar-refractivity contribution in [3.63, 3.8) is 0 Å². The van der Waals surface area contributed by atoms with Gasteiger partial charge in [-0.1, -0.05) is 15.9 Å². The lowest BCUT2D eigenvalue weighted by molar-refractivity contribution is 0.104. The average Bonchev–Trinajstić information content (AvgIpc) is 2.81. The Labute approximate surface area is 122 Å². The molecule has 0 aliphatic carbocycles. The Bertz CT molecular complexity index is 826. The van der Waals surface area contributed by atoms with Crippen LogP contribution in [-0.2, 0) is 0 Å². The number of aromatic nitrogens is 1. The van der Waals surface area contributed by atoms with Crippen molar-refractivity contribution < 1.29 is 9.18 Å². The van der Waals surface area contributed by atoms with Crippen LogP contribution < -0.4 is 5.73 Å². The maximum absolute atomic E-state index is 13.1. The van der Waals surface area contributed by atoms with Crippen LogP contribution in [-0.4, -0.2) is 10.8 Å². The Morgan fingerprint density at radius 1 is 1.15 bits per heavy atom. The topological polar surface area (TPSA) is 58.9 Å². The Balaban J connectivity index is 2.15. The number of fused-ring (bicyclic) bond motifs is 1. The number of carbonyl (C=O) groups excluding carboxylic acids is 1. The zero-order valence-corrected chi connectivity index (χ0v) is 11.9. The molecule has 3 rings (SSSR count). The third-order valence-corrected chi connectivity index (χ3v) is 3.64. The molecule has 5 heteroatoms. The number of ketones is 1. The van der Waals surface area contributed by atoms with Crippen molar-refractivity contribution in [2.45, 2.75) is 0 Å². The molecule has 0 saturated heterocycles. The molecule has 0 amide bonds. The van der Waals surface area contributed by atoms with E-state index in [2.05, 4.69) is 20.9 Å². The maximum Gasteiger partial charge on any atom is 0.197 e. The molecule has 0 aliphatic rings. The van der Waals surface area contributed by atoms with Crippen molar-refractivity contribution in [2.75, 3.05) is 5.73 Å². The van der Waals surface area contributed by atoms with Gasteiger partial charge in [-0.05, 0) is 36.4 Å². The summed E-state index contributed by atoms with van der Waals surface area (Å²) in [5.41, 5.74) is 7.53. The van der Waals surface area contributed by atoms with Crippen LogP contribution in [0.2, 0.25) is 0 Å². The summed E-state index contributed by atoms with van der Waals surface area (Å²) in [4.78, 5) is 15.6. The fourth-order valence-electron chi connectivity index (χ4n) is 2.17. The molecule has 3 nitrogen and oxygen atoms in total. The SMILES string of the molecule is Nc1cc(F)ccc1C(=O)c1c[nH]c2ccc(Br)cc12. The van der Waals surface area contributed by atoms with E-state index in [-0.39, 0.29) is 11.5 Å². The predicted molar refractivity (Wildman–Crippen MR) is 80.2 cm³/mol. The average molecular weight is 333 g/mol. The molecule has 0 unspecified atom stereocenters. The molecule has 1 aromatic heterocycles. The van der Waals surface area contributed by atoms with E-state index < -0.39 is 5.82 Å². The molecule has 0 spiro atoms. The van der Waals surface area contributed by atoms with Gasteiger partial charge in [-0.3, -0.25) is 4.79 Å². The standard InChI is InChI=1S/C15H10BrFN2O/c16-8-1-4-14-11(5-8)12(7-19-14)15(20)10-3-2-9(17)6-13(10)18/h1-7,19H,18H2. The first-order valence-corrected chi connectivity index (χ1v) is 6.72. The van der Waals surface area contributed by atoms with Gasteiger partial charge in [0.25, 0.3) is 0 Å². The Kier molecular flexibility index (Phi) is 3.06. The van der Waals surface area contributed by atoms with E-state index in [0.717, 1.165) is 21.4 Å². The van der Waals surface area contributed by atoms with Gasteiger partial charge in [0.15, 0.2) is 5.78 Å². The number of hydrogen-bond donors (Lipinski definition) is 2. The van der Waals surface area contributed by atoms with Gasteiger partial charge in [-0.2, -0.15) is 0 Å². The Morgan fingerprint density at radius 3 is 2.70 bits per heavy atom. The summed E-state index contributed by atoms with van der Waals surface area (Å²) in [5, 5.41) is 0.799. The lowest BCUT2D eigenvalue weighted by atomic mass is 10.0. The first-order valence-electron chi connectivity index (χ1n) is 5.92. The van der Waals surface area contributed by atoms with E-state index >= 15 is 0 Å². The van der Waals surface area contributed by atoms with Crippen LogP contribution in [0.4, 0.5) is 10.1 Å². The summed E-state index contributed by atoms with van der Waals surface area (Å²) >= 11 is 3.38. The van der Waals surface area contributed by atoms with Crippen molar-refractivity contribution in [3.8, 4) is 0 Å². The zero-order chi connectivity index (χ0) is 14.3. The van der Waals surface area contributed by atoms with Gasteiger partial charge in [-0.15, -0.1) is 0 Å². The summed E-state index contributed by atoms with van der Waals surface area (Å²) in [6.07, 6.45) is 1.64. The van der Waals surface area contributed by atoms with Crippen LogP contribution >= 0.6 is 15.9 Å². The van der Waals surface area contributed by atoms with E-state index in [4.69, 9.17) is 5.73 Å². The first kappa shape index (κ1) is 12.9. The molecule has 0 fully saturated rings. The normalized spacial score (nSPS) is 10.9. The molecular formula is C15H10BrFN2O. The van der Waals surface area contributed by atoms with Gasteiger partial charge >= 0.3 is 0 Å². The largest absolute Gasteiger partial charge is 0.398 e. The number of rotatable bonds is 2. The molecule has 0 bridgehead atoms. The molecule has 1 heterocycles. The second-order valence-electron chi connectivity index (χ2n) is 4.45. The summed E-state index contributed by atoms with van der Waals surface area (Å²) < 4.78 is 13.9. The quantitative estimate of drug-likeness (QED) is 0.552. The van der Waals surface area contributed by atoms with Crippen LogP contribution in [0.25, 0.3) is 10.9 Å². The van der Waals surface area contributed by atoms with Crippen LogP contribution in [0.1, 0.15) is 15.9 Å². The minimum Gasteiger partial charge on any atom is -0.398 e. The Morgan fingerprint density at radius 2 is 1.95 bits per heavy atom. The lowest BCUT2D eigenvalue weighted by Gasteiger charge is -2.04. The minimum atomic E-state index is -0.458. The van der Waals surface area contributed by atoms with Crippen LogP contribution in [0, 0.1) is 5.82 Å². The second-order valence-corrected chi connectivity index (χ2v) is 5.37. The van der Waals surface area contributed by atoms with Crippen molar-refractivity contribution in [3.05, 3.63) is 64.0 Å². The highest BCUT2D eigenvalue weighted by Crippen LogP contribution is 2.26. The third-order valence-electron chi connectivity index (χ3n) is 3.15. The maximum atomic E-state index is 13.1. The number of nitrogen functional groups attached to an aromatic ring is 1. The number of anilines is 1. The third kappa shape index (κ3) is 2.10. The molecule has 0 saturated carbocycles. The number of nitrogens with one attached hydrogen (secondary N) is 1. The fraction of sp³-hybridized carbons (Fsp3) is 0. The number of benzene rings is 2. The highest BCUT2D eigenvalue weighted by atomic mass is 79.9. The van der Waals surface area contributed by atoms with E-state index in [1.807, 2.05) is 18.2 Å². The molecule has 3 aromatic rings. The van der Waals surface area contributed by atoms with Gasteiger partial charge in [0.2, 0.25) is 0 Å². The molecule has 0 atom stereocenters. The van der Waals surface area contributed by atoms with Crippen molar-refractivity contribution in [1.29, 1.82) is 0 Å². The van der Waals surface area contributed by atoms with Crippen molar-refractivity contribution >= 4 is 38.3 Å². The van der Waals surface area contributed by atoms with E-state index in [1.54, 1.807) is 6.20 Å². The van der Waals surface area contributed by atoms with Crippen LogP contribution in [0.5, 0.6) is 0 Å². The van der Waals surface area contributed by atoms with Gasteiger partial charge in [-0.25, -0.2) is 4.39 Å². The highest BCUT2D eigenvalue weighted by molar-refractivity contribution is 9.10. The number of halogens is 2. The predicted octanol–water partition coefficient (Wildman–Crippen LogP) is 3.88. The molecule has 2 aromatic carbocycles. The van der Waals surface area contributed by atoms with Crippen molar-refractivity contribution in [2.24, 2.45) is 0 Å². The number of carbonyl (C=O) groups is 1. The van der Waals surface area contributed by atoms with E-state index in [9.17, 15) is 9.18 Å². The van der Waals surface area contributed by atoms with Crippen molar-refractivity contribution in [1.82, 2.24) is 4.98 Å². The molecule has 0 aliphatic heterocycles. The molecule has 0 radical (unpaired) electrons. The van der Waals surface area contributed by atoms with Crippen LogP contribution in [0.15, 0.2) is 47.1 Å². The number of H-pyrrole nitrogens is 1. The molecular weight excluding hydrogens is 323 g/mol. The smallest absolute Gasteiger partial charge is 0.197 e. The monoisotopic (exact) mass is 332 g/mol. The summed E-state index contributed by atoms with van der Waals surface area (Å²) in [6.45, 7) is 0. The lowest BCUT2D eigenvalue weighted by Crippen LogP contribution is -2.05. The minimum absolute atomic E-state index is 0.138. The fourth-order valence-corrected chi connectivity index (χ4v) is 2.53. The van der Waals surface area contributed by atoms with E-state index in [1.165, 1.54) is 12.1 Å². The van der Waals surface area contributed by atoms with Gasteiger partial charge in [0, 0.05) is 38.4 Å². The first-order chi connectivity index (χ1) is 9.56. The summed E-state index contributed by atoms with van der Waals surface area (Å²) in [5.74, 6) is -0.687.